The number of allylic oxidation sites excluding steroid dienone is 2. The molecule has 0 aliphatic heterocycles. The van der Waals surface area contributed by atoms with E-state index in [1.807, 2.05) is 0 Å². The Hall–Kier alpha value is -6.48. The topological polar surface area (TPSA) is 17.0 Å². The molecule has 0 saturated heterocycles. The molecule has 0 fully saturated rings. The molecule has 1 heterocycles. The molecule has 0 saturated carbocycles. The van der Waals surface area contributed by atoms with Crippen LogP contribution in [-0.4, -0.2) is 4.57 Å². The van der Waals surface area contributed by atoms with Crippen LogP contribution in [0.3, 0.4) is 0 Å². The van der Waals surface area contributed by atoms with E-state index in [1.54, 1.807) is 0 Å². The first kappa shape index (κ1) is 35.2. The molecule has 2 nitrogen and oxygen atoms in total. The molecule has 0 bridgehead atoms. The molecule has 1 atom stereocenters. The van der Waals surface area contributed by atoms with Crippen molar-refractivity contribution >= 4 is 22.6 Å². The van der Waals surface area contributed by atoms with Crippen molar-refractivity contribution in [2.75, 3.05) is 0 Å². The van der Waals surface area contributed by atoms with Crippen molar-refractivity contribution in [1.29, 1.82) is 0 Å². The number of hydrogen-bond acceptors (Lipinski definition) is 1. The maximum Gasteiger partial charge on any atom is 0.0550 e. The Bertz CT molecular complexity index is 2730. The number of aryl methyl sites for hydroxylation is 1. The van der Waals surface area contributed by atoms with Gasteiger partial charge in [-0.05, 0) is 130 Å². The molecule has 0 radical (unpaired) electrons. The second kappa shape index (κ2) is 15.3. The molecule has 1 N–H and O–H groups in total. The van der Waals surface area contributed by atoms with Gasteiger partial charge in [0.15, 0.2) is 0 Å². The summed E-state index contributed by atoms with van der Waals surface area (Å²) in [6.45, 7) is 7.43. The Balaban J connectivity index is 1.05. The standard InChI is InChI=1S/C54H46N2/c1-4-15-52-38(3)49-24-11-12-25-53(49)56(52)48-23-14-22-45(34-48)43-20-13-21-44(32-43)46-30-31-50-47(33-46)35-51(54(50)55-36-39-16-7-5-8-17-39)37(2)40-26-28-42(29-27-40)41-18-9-6-10-19-41/h4-34,54-55H,35-36H2,1-3H3/b15-4-,51-37+. The molecular formula is C54H46N2. The summed E-state index contributed by atoms with van der Waals surface area (Å²) in [5.74, 6) is 0. The molecule has 1 aliphatic rings. The smallest absolute Gasteiger partial charge is 0.0550 e. The maximum atomic E-state index is 3.96. The predicted molar refractivity (Wildman–Crippen MR) is 238 cm³/mol. The lowest BCUT2D eigenvalue weighted by atomic mass is 9.94. The van der Waals surface area contributed by atoms with Gasteiger partial charge in [0.1, 0.15) is 0 Å². The van der Waals surface area contributed by atoms with Gasteiger partial charge in [0.25, 0.3) is 0 Å². The lowest BCUT2D eigenvalue weighted by Crippen LogP contribution is -2.21. The molecule has 9 rings (SSSR count). The molecule has 0 amide bonds. The summed E-state index contributed by atoms with van der Waals surface area (Å²) in [6, 6.07) is 64.4. The van der Waals surface area contributed by atoms with Crippen molar-refractivity contribution in [3.05, 3.63) is 221 Å². The Morgan fingerprint density at radius 2 is 1.23 bits per heavy atom. The lowest BCUT2D eigenvalue weighted by Gasteiger charge is -2.19. The third-order valence-corrected chi connectivity index (χ3v) is 11.6. The minimum Gasteiger partial charge on any atom is -0.310 e. The summed E-state index contributed by atoms with van der Waals surface area (Å²) in [7, 11) is 0. The molecule has 2 heteroatoms. The van der Waals surface area contributed by atoms with Gasteiger partial charge >= 0.3 is 0 Å². The largest absolute Gasteiger partial charge is 0.310 e. The van der Waals surface area contributed by atoms with Crippen LogP contribution in [0.1, 0.15) is 53.4 Å². The molecule has 272 valence electrons. The number of para-hydroxylation sites is 1. The van der Waals surface area contributed by atoms with Crippen LogP contribution in [0, 0.1) is 6.92 Å². The maximum absolute atomic E-state index is 3.96. The quantitative estimate of drug-likeness (QED) is 0.157. The number of nitrogens with one attached hydrogen (secondary N) is 1. The van der Waals surface area contributed by atoms with Gasteiger partial charge in [0, 0.05) is 23.3 Å². The summed E-state index contributed by atoms with van der Waals surface area (Å²) in [5, 5.41) is 5.25. The van der Waals surface area contributed by atoms with Crippen molar-refractivity contribution in [3.8, 4) is 39.1 Å². The number of nitrogens with zero attached hydrogens (tertiary/aromatic N) is 1. The second-order valence-corrected chi connectivity index (χ2v) is 15.0. The zero-order chi connectivity index (χ0) is 38.0. The Morgan fingerprint density at radius 3 is 1.98 bits per heavy atom. The summed E-state index contributed by atoms with van der Waals surface area (Å²) < 4.78 is 2.39. The normalized spacial score (nSPS) is 14.7. The van der Waals surface area contributed by atoms with Crippen molar-refractivity contribution in [2.24, 2.45) is 0 Å². The molecular weight excluding hydrogens is 677 g/mol. The number of rotatable bonds is 9. The van der Waals surface area contributed by atoms with Crippen LogP contribution < -0.4 is 5.32 Å². The third-order valence-electron chi connectivity index (χ3n) is 11.6. The van der Waals surface area contributed by atoms with Crippen LogP contribution in [0.4, 0.5) is 0 Å². The van der Waals surface area contributed by atoms with E-state index in [2.05, 4.69) is 219 Å². The first-order chi connectivity index (χ1) is 27.6. The van der Waals surface area contributed by atoms with E-state index < -0.39 is 0 Å². The van der Waals surface area contributed by atoms with Crippen molar-refractivity contribution in [1.82, 2.24) is 9.88 Å². The second-order valence-electron chi connectivity index (χ2n) is 15.0. The summed E-state index contributed by atoms with van der Waals surface area (Å²) in [5.41, 5.74) is 20.4. The highest BCUT2D eigenvalue weighted by Crippen LogP contribution is 2.42. The van der Waals surface area contributed by atoms with Crippen molar-refractivity contribution in [2.45, 2.75) is 39.8 Å². The van der Waals surface area contributed by atoms with Gasteiger partial charge in [-0.1, -0.05) is 158 Å². The molecule has 0 spiro atoms. The van der Waals surface area contributed by atoms with Crippen LogP contribution >= 0.6 is 0 Å². The van der Waals surface area contributed by atoms with Gasteiger partial charge < -0.3 is 9.88 Å². The number of fused-ring (bicyclic) bond motifs is 2. The minimum atomic E-state index is 0.142. The molecule has 1 aromatic heterocycles. The highest BCUT2D eigenvalue weighted by molar-refractivity contribution is 5.90. The monoisotopic (exact) mass is 722 g/mol. The van der Waals surface area contributed by atoms with Crippen LogP contribution in [0.5, 0.6) is 0 Å². The first-order valence-electron chi connectivity index (χ1n) is 19.8. The van der Waals surface area contributed by atoms with Crippen LogP contribution in [0.15, 0.2) is 188 Å². The molecule has 8 aromatic rings. The van der Waals surface area contributed by atoms with Crippen LogP contribution in [0.25, 0.3) is 61.6 Å². The van der Waals surface area contributed by atoms with Crippen LogP contribution in [-0.2, 0) is 13.0 Å². The number of benzene rings is 7. The van der Waals surface area contributed by atoms with E-state index in [1.165, 1.54) is 94.6 Å². The summed E-state index contributed by atoms with van der Waals surface area (Å²) in [6.07, 6.45) is 5.27. The number of aromatic nitrogens is 1. The van der Waals surface area contributed by atoms with Crippen molar-refractivity contribution < 1.29 is 0 Å². The summed E-state index contributed by atoms with van der Waals surface area (Å²) in [4.78, 5) is 0. The molecule has 7 aromatic carbocycles. The molecule has 1 unspecified atom stereocenters. The van der Waals surface area contributed by atoms with Gasteiger partial charge in [0.2, 0.25) is 0 Å². The Labute approximate surface area is 331 Å². The van der Waals surface area contributed by atoms with Crippen LogP contribution in [0.2, 0.25) is 0 Å². The van der Waals surface area contributed by atoms with Crippen molar-refractivity contribution in [3.63, 3.8) is 0 Å². The first-order valence-corrected chi connectivity index (χ1v) is 19.8. The van der Waals surface area contributed by atoms with E-state index in [9.17, 15) is 0 Å². The van der Waals surface area contributed by atoms with Gasteiger partial charge in [-0.25, -0.2) is 0 Å². The SMILES string of the molecule is C/C=C\c1c(C)c2ccccc2n1-c1cccc(-c2cccc(-c3ccc4c(c3)C/C(=C(/C)c3ccc(-c5ccccc5)cc3)C4NCc3ccccc3)c2)c1. The Kier molecular flexibility index (Phi) is 9.65. The van der Waals surface area contributed by atoms with E-state index in [0.717, 1.165) is 13.0 Å². The highest BCUT2D eigenvalue weighted by Gasteiger charge is 2.29. The highest BCUT2D eigenvalue weighted by atomic mass is 15.0. The zero-order valence-corrected chi connectivity index (χ0v) is 32.3. The minimum absolute atomic E-state index is 0.142. The fourth-order valence-electron chi connectivity index (χ4n) is 8.60. The van der Waals surface area contributed by atoms with Gasteiger partial charge in [-0.2, -0.15) is 0 Å². The average Bonchev–Trinajstić information content (AvgIpc) is 3.77. The zero-order valence-electron chi connectivity index (χ0n) is 32.3. The van der Waals surface area contributed by atoms with Gasteiger partial charge in [0.05, 0.1) is 11.6 Å². The van der Waals surface area contributed by atoms with Gasteiger partial charge in [-0.15, -0.1) is 0 Å². The number of hydrogen-bond donors (Lipinski definition) is 1. The van der Waals surface area contributed by atoms with Gasteiger partial charge in [-0.3, -0.25) is 0 Å². The molecule has 1 aliphatic carbocycles. The lowest BCUT2D eigenvalue weighted by molar-refractivity contribution is 0.608. The van der Waals surface area contributed by atoms with E-state index in [4.69, 9.17) is 0 Å². The summed E-state index contributed by atoms with van der Waals surface area (Å²) >= 11 is 0. The molecule has 56 heavy (non-hydrogen) atoms. The predicted octanol–water partition coefficient (Wildman–Crippen LogP) is 13.8. The average molecular weight is 723 g/mol. The third kappa shape index (κ3) is 6.74. The van der Waals surface area contributed by atoms with E-state index in [-0.39, 0.29) is 6.04 Å². The Morgan fingerprint density at radius 1 is 0.625 bits per heavy atom. The fraction of sp³-hybridized carbons (Fsp3) is 0.111. The fourth-order valence-corrected chi connectivity index (χ4v) is 8.60. The van der Waals surface area contributed by atoms with E-state index in [0.29, 0.717) is 0 Å². The van der Waals surface area contributed by atoms with E-state index >= 15 is 0 Å².